The highest BCUT2D eigenvalue weighted by molar-refractivity contribution is 7.09. The number of hydrogen-bond acceptors (Lipinski definition) is 4. The fourth-order valence-electron chi connectivity index (χ4n) is 4.56. The van der Waals surface area contributed by atoms with E-state index in [1.807, 2.05) is 24.3 Å². The third-order valence-corrected chi connectivity index (χ3v) is 7.50. The van der Waals surface area contributed by atoms with Crippen LogP contribution in [0.15, 0.2) is 54.2 Å². The summed E-state index contributed by atoms with van der Waals surface area (Å²) in [4.78, 5) is 26.2. The summed E-state index contributed by atoms with van der Waals surface area (Å²) in [6.07, 6.45) is 14.8. The first-order valence-corrected chi connectivity index (χ1v) is 15.2. The van der Waals surface area contributed by atoms with Gasteiger partial charge in [-0.25, -0.2) is 4.79 Å². The molecule has 0 bridgehead atoms. The number of amides is 2. The highest BCUT2D eigenvalue weighted by Gasteiger charge is 2.12. The van der Waals surface area contributed by atoms with Crippen LogP contribution in [0.25, 0.3) is 0 Å². The second-order valence-corrected chi connectivity index (χ2v) is 11.3. The maximum atomic E-state index is 12.7. The summed E-state index contributed by atoms with van der Waals surface area (Å²) in [6, 6.07) is 12.6. The normalized spacial score (nSPS) is 10.8. The summed E-state index contributed by atoms with van der Waals surface area (Å²) in [5.41, 5.74) is 4.91. The van der Waals surface area contributed by atoms with Crippen LogP contribution in [0.5, 0.6) is 5.75 Å². The first-order valence-electron chi connectivity index (χ1n) is 14.3. The number of hydrogen-bond donors (Lipinski definition) is 2. The van der Waals surface area contributed by atoms with Gasteiger partial charge in [0.25, 0.3) is 0 Å². The maximum Gasteiger partial charge on any atom is 0.323 e. The molecule has 0 atom stereocenters. The number of unbranched alkanes of at least 4 members (excludes halogenated alkanes) is 9. The van der Waals surface area contributed by atoms with Crippen LogP contribution in [0.2, 0.25) is 0 Å². The van der Waals surface area contributed by atoms with Crippen LogP contribution in [0.1, 0.15) is 98.9 Å². The quantitative estimate of drug-likeness (QED) is 0.100. The lowest BCUT2D eigenvalue weighted by atomic mass is 10.1. The molecule has 3 rings (SSSR count). The van der Waals surface area contributed by atoms with Crippen molar-refractivity contribution in [2.24, 2.45) is 0 Å². The van der Waals surface area contributed by atoms with E-state index in [2.05, 4.69) is 40.8 Å². The van der Waals surface area contributed by atoms with Crippen LogP contribution in [0.3, 0.4) is 0 Å². The number of benzene rings is 2. The van der Waals surface area contributed by atoms with Gasteiger partial charge in [0, 0.05) is 16.9 Å². The largest absolute Gasteiger partial charge is 0.493 e. The summed E-state index contributed by atoms with van der Waals surface area (Å²) >= 11 is 1.71. The molecule has 39 heavy (non-hydrogen) atoms. The van der Waals surface area contributed by atoms with E-state index >= 15 is 0 Å². The van der Waals surface area contributed by atoms with Gasteiger partial charge in [0.15, 0.2) is 18.5 Å². The maximum absolute atomic E-state index is 12.7. The Morgan fingerprint density at radius 3 is 2.18 bits per heavy atom. The van der Waals surface area contributed by atoms with E-state index in [-0.39, 0.29) is 11.8 Å². The lowest BCUT2D eigenvalue weighted by Gasteiger charge is -2.13. The van der Waals surface area contributed by atoms with E-state index in [0.717, 1.165) is 24.9 Å². The smallest absolute Gasteiger partial charge is 0.323 e. The van der Waals surface area contributed by atoms with Gasteiger partial charge in [0.05, 0.1) is 17.0 Å². The summed E-state index contributed by atoms with van der Waals surface area (Å²) in [5.74, 6) is 0.476. The number of nitrogens with one attached hydrogen (secondary N) is 2. The fourth-order valence-corrected chi connectivity index (χ4v) is 5.19. The summed E-state index contributed by atoms with van der Waals surface area (Å²) < 4.78 is 8.07. The van der Waals surface area contributed by atoms with Gasteiger partial charge < -0.3 is 15.4 Å². The number of urea groups is 1. The molecule has 0 unspecified atom stereocenters. The zero-order chi connectivity index (χ0) is 27.9. The zero-order valence-corrected chi connectivity index (χ0v) is 24.6. The third kappa shape index (κ3) is 11.2. The van der Waals surface area contributed by atoms with Crippen LogP contribution >= 0.6 is 11.3 Å². The Hall–Kier alpha value is -3.19. The minimum atomic E-state index is -0.361. The van der Waals surface area contributed by atoms with Gasteiger partial charge in [-0.1, -0.05) is 88.2 Å². The number of anilines is 2. The number of carbonyl (C=O) groups excluding carboxylic acids is 2. The van der Waals surface area contributed by atoms with Gasteiger partial charge in [-0.2, -0.15) is 4.57 Å². The molecule has 2 aromatic carbocycles. The Labute approximate surface area is 237 Å². The summed E-state index contributed by atoms with van der Waals surface area (Å²) in [5, 5.41) is 5.72. The number of carbonyl (C=O) groups is 2. The first-order chi connectivity index (χ1) is 18.9. The fraction of sp³-hybridized carbons (Fsp3) is 0.469. The molecule has 0 fully saturated rings. The third-order valence-electron chi connectivity index (χ3n) is 6.64. The molecule has 210 valence electrons. The van der Waals surface area contributed by atoms with Crippen molar-refractivity contribution in [3.63, 3.8) is 0 Å². The average Bonchev–Trinajstić information content (AvgIpc) is 3.32. The van der Waals surface area contributed by atoms with Gasteiger partial charge in [0.2, 0.25) is 5.51 Å². The van der Waals surface area contributed by atoms with Crippen molar-refractivity contribution in [1.29, 1.82) is 0 Å². The van der Waals surface area contributed by atoms with Crippen molar-refractivity contribution in [2.75, 3.05) is 17.2 Å². The van der Waals surface area contributed by atoms with Crippen LogP contribution in [-0.4, -0.2) is 18.4 Å². The van der Waals surface area contributed by atoms with Crippen molar-refractivity contribution >= 4 is 34.5 Å². The molecule has 0 saturated carbocycles. The molecule has 6 nitrogen and oxygen atoms in total. The Morgan fingerprint density at radius 2 is 1.54 bits per heavy atom. The second kappa shape index (κ2) is 16.7. The molecule has 0 radical (unpaired) electrons. The monoisotopic (exact) mass is 550 g/mol. The molecule has 0 aliphatic rings. The SMILES string of the molecule is CCCCCCCCCCCCOc1ccc(NC(=O)Nc2cccc(C[n+]3csc(C)c3)c2)cc1C(C)=O. The Balaban J connectivity index is 1.43. The van der Waals surface area contributed by atoms with E-state index in [1.54, 1.807) is 29.5 Å². The van der Waals surface area contributed by atoms with Crippen LogP contribution in [0.4, 0.5) is 16.2 Å². The molecule has 7 heteroatoms. The van der Waals surface area contributed by atoms with Gasteiger partial charge in [-0.15, -0.1) is 0 Å². The molecule has 0 aliphatic carbocycles. The minimum Gasteiger partial charge on any atom is -0.493 e. The van der Waals surface area contributed by atoms with Crippen LogP contribution < -0.4 is 19.9 Å². The molecule has 0 spiro atoms. The topological polar surface area (TPSA) is 71.3 Å². The Morgan fingerprint density at radius 1 is 0.872 bits per heavy atom. The van der Waals surface area contributed by atoms with Gasteiger partial charge in [0.1, 0.15) is 5.75 Å². The second-order valence-electron chi connectivity index (χ2n) is 10.2. The van der Waals surface area contributed by atoms with Gasteiger partial charge >= 0.3 is 6.03 Å². The van der Waals surface area contributed by atoms with E-state index in [9.17, 15) is 9.59 Å². The van der Waals surface area contributed by atoms with E-state index in [4.69, 9.17) is 4.74 Å². The summed E-state index contributed by atoms with van der Waals surface area (Å²) in [6.45, 7) is 7.18. The van der Waals surface area contributed by atoms with E-state index in [0.29, 0.717) is 29.3 Å². The summed E-state index contributed by atoms with van der Waals surface area (Å²) in [7, 11) is 0. The van der Waals surface area contributed by atoms with E-state index in [1.165, 1.54) is 63.2 Å². The molecule has 0 saturated heterocycles. The molecule has 0 aliphatic heterocycles. The number of nitrogens with zero attached hydrogens (tertiary/aromatic N) is 1. The highest BCUT2D eigenvalue weighted by atomic mass is 32.1. The van der Waals surface area contributed by atoms with Crippen LogP contribution in [0, 0.1) is 6.92 Å². The molecule has 3 aromatic rings. The standard InChI is InChI=1S/C32H43N3O3S/c1-4-5-6-7-8-9-10-11-12-13-19-38-31-18-17-29(21-30(31)26(3)36)34-32(37)33-28-16-14-15-27(20-28)23-35-22-25(2)39-24-35/h14-18,20-22,24H,4-13,19,23H2,1-3H3,(H-,33,34,37)/p+1. The number of aryl methyl sites for hydroxylation is 1. The van der Waals surface area contributed by atoms with Crippen molar-refractivity contribution in [2.45, 2.75) is 91.5 Å². The Bertz CT molecular complexity index is 1190. The number of thiazole rings is 1. The number of ketones is 1. The number of Topliss-reactive ketones (excluding diaryl/α,β-unsaturated/α-hetero) is 1. The Kier molecular flexibility index (Phi) is 13.0. The zero-order valence-electron chi connectivity index (χ0n) is 23.8. The van der Waals surface area contributed by atoms with Crippen molar-refractivity contribution in [1.82, 2.24) is 0 Å². The van der Waals surface area contributed by atoms with Gasteiger partial charge in [-0.05, 0) is 50.6 Å². The molecule has 1 heterocycles. The average molecular weight is 551 g/mol. The molecular weight excluding hydrogens is 506 g/mol. The van der Waals surface area contributed by atoms with Gasteiger partial charge in [-0.3, -0.25) is 4.79 Å². The highest BCUT2D eigenvalue weighted by Crippen LogP contribution is 2.24. The molecule has 1 aromatic heterocycles. The lowest BCUT2D eigenvalue weighted by molar-refractivity contribution is -0.683. The number of ether oxygens (including phenoxy) is 1. The van der Waals surface area contributed by atoms with Crippen molar-refractivity contribution < 1.29 is 18.9 Å². The van der Waals surface area contributed by atoms with Crippen molar-refractivity contribution in [3.8, 4) is 5.75 Å². The minimum absolute atomic E-state index is 0.0917. The molecular formula is C32H44N3O3S+. The molecule has 2 N–H and O–H groups in total. The number of aromatic nitrogens is 1. The first kappa shape index (κ1) is 30.4. The molecule has 2 amide bonds. The van der Waals surface area contributed by atoms with Crippen LogP contribution in [-0.2, 0) is 6.54 Å². The van der Waals surface area contributed by atoms with Crippen molar-refractivity contribution in [3.05, 3.63) is 70.2 Å². The van der Waals surface area contributed by atoms with E-state index < -0.39 is 0 Å². The lowest BCUT2D eigenvalue weighted by Crippen LogP contribution is -2.30. The predicted molar refractivity (Wildman–Crippen MR) is 161 cm³/mol. The predicted octanol–water partition coefficient (Wildman–Crippen LogP) is 8.54. The number of rotatable bonds is 17.